The lowest BCUT2D eigenvalue weighted by molar-refractivity contribution is -0.136. The quantitative estimate of drug-likeness (QED) is 0.349. The van der Waals surface area contributed by atoms with Crippen LogP contribution in [0, 0.1) is 5.92 Å². The van der Waals surface area contributed by atoms with E-state index in [9.17, 15) is 9.59 Å². The van der Waals surface area contributed by atoms with Crippen LogP contribution in [-0.2, 0) is 11.3 Å². The number of amides is 3. The van der Waals surface area contributed by atoms with Gasteiger partial charge in [-0.15, -0.1) is 0 Å². The Morgan fingerprint density at radius 3 is 2.41 bits per heavy atom. The number of carbonyl (C=O) groups excluding carboxylic acids is 2. The van der Waals surface area contributed by atoms with E-state index in [0.29, 0.717) is 58.3 Å². The van der Waals surface area contributed by atoms with Crippen LogP contribution in [0.25, 0.3) is 11.0 Å². The monoisotopic (exact) mass is 603 g/mol. The van der Waals surface area contributed by atoms with Crippen LogP contribution in [0.5, 0.6) is 5.75 Å². The number of rotatable bonds is 10. The average molecular weight is 604 g/mol. The third-order valence-corrected chi connectivity index (χ3v) is 8.98. The first-order valence-corrected chi connectivity index (χ1v) is 16.0. The minimum atomic E-state index is 0.103. The molecule has 6 rings (SSSR count). The van der Waals surface area contributed by atoms with E-state index in [-0.39, 0.29) is 18.0 Å². The summed E-state index contributed by atoms with van der Waals surface area (Å²) in [7, 11) is 4.09. The van der Waals surface area contributed by atoms with Crippen molar-refractivity contribution in [1.29, 1.82) is 0 Å². The highest BCUT2D eigenvalue weighted by atomic mass is 16.5. The van der Waals surface area contributed by atoms with Crippen molar-refractivity contribution in [3.05, 3.63) is 42.4 Å². The standard InChI is InChI=1S/C32H45N9O3/c1-4-44-27-7-5-6-24(20-27)22-41-30-28(21-35-41)29(33-23-34-30)37-15-17-39(18-16-37)32(43)38-12-10-26(11-13-38)40(19-14-36(2)3)31(42)25-8-9-25/h5-7,20-21,23,25-26H,4,8-19,22H2,1-3H3. The van der Waals surface area contributed by atoms with E-state index in [1.54, 1.807) is 6.33 Å². The summed E-state index contributed by atoms with van der Waals surface area (Å²) in [5.74, 6) is 2.23. The van der Waals surface area contributed by atoms with Gasteiger partial charge in [0.1, 0.15) is 17.9 Å². The minimum absolute atomic E-state index is 0.103. The first-order valence-electron chi connectivity index (χ1n) is 16.0. The van der Waals surface area contributed by atoms with E-state index in [4.69, 9.17) is 4.74 Å². The fraction of sp³-hybridized carbons (Fsp3) is 0.594. The molecular weight excluding hydrogens is 558 g/mol. The van der Waals surface area contributed by atoms with Gasteiger partial charge in [-0.05, 0) is 64.4 Å². The first kappa shape index (κ1) is 30.1. The number of likely N-dealkylation sites (N-methyl/N-ethyl adjacent to an activating group) is 1. The molecule has 44 heavy (non-hydrogen) atoms. The van der Waals surface area contributed by atoms with Crippen LogP contribution in [0.1, 0.15) is 38.2 Å². The molecule has 236 valence electrons. The molecule has 3 amide bonds. The number of ether oxygens (including phenoxy) is 1. The number of piperazine rings is 1. The predicted octanol–water partition coefficient (Wildman–Crippen LogP) is 2.78. The molecule has 0 N–H and O–H groups in total. The Balaban J connectivity index is 1.04. The molecule has 1 aromatic carbocycles. The Labute approximate surface area is 259 Å². The van der Waals surface area contributed by atoms with Crippen molar-refractivity contribution >= 4 is 28.8 Å². The molecule has 3 aliphatic rings. The summed E-state index contributed by atoms with van der Waals surface area (Å²) in [4.78, 5) is 46.1. The predicted molar refractivity (Wildman–Crippen MR) is 169 cm³/mol. The van der Waals surface area contributed by atoms with Crippen LogP contribution >= 0.6 is 0 Å². The molecule has 0 atom stereocenters. The third-order valence-electron chi connectivity index (χ3n) is 8.98. The van der Waals surface area contributed by atoms with Crippen molar-refractivity contribution in [3.8, 4) is 5.75 Å². The highest BCUT2D eigenvalue weighted by molar-refractivity contribution is 5.87. The van der Waals surface area contributed by atoms with E-state index in [1.807, 2.05) is 59.9 Å². The van der Waals surface area contributed by atoms with Crippen LogP contribution < -0.4 is 9.64 Å². The first-order chi connectivity index (χ1) is 21.4. The maximum absolute atomic E-state index is 13.5. The second-order valence-corrected chi connectivity index (χ2v) is 12.4. The molecule has 4 heterocycles. The Morgan fingerprint density at radius 2 is 1.70 bits per heavy atom. The zero-order valence-corrected chi connectivity index (χ0v) is 26.3. The van der Waals surface area contributed by atoms with Gasteiger partial charge in [-0.1, -0.05) is 12.1 Å². The Morgan fingerprint density at radius 1 is 0.955 bits per heavy atom. The molecule has 2 aromatic heterocycles. The lowest BCUT2D eigenvalue weighted by Gasteiger charge is -2.42. The van der Waals surface area contributed by atoms with Crippen molar-refractivity contribution in [2.75, 3.05) is 78.0 Å². The molecule has 0 bridgehead atoms. The smallest absolute Gasteiger partial charge is 0.320 e. The summed E-state index contributed by atoms with van der Waals surface area (Å²) in [5, 5.41) is 5.55. The zero-order valence-electron chi connectivity index (χ0n) is 26.3. The number of urea groups is 1. The Bertz CT molecular complexity index is 1440. The number of likely N-dealkylation sites (tertiary alicyclic amines) is 1. The van der Waals surface area contributed by atoms with Crippen molar-refractivity contribution < 1.29 is 14.3 Å². The zero-order chi connectivity index (χ0) is 30.6. The van der Waals surface area contributed by atoms with E-state index in [2.05, 4.69) is 35.8 Å². The van der Waals surface area contributed by atoms with Gasteiger partial charge in [-0.2, -0.15) is 5.10 Å². The molecule has 2 aliphatic heterocycles. The third kappa shape index (κ3) is 6.74. The Hall–Kier alpha value is -3.93. The number of fused-ring (bicyclic) bond motifs is 1. The topological polar surface area (TPSA) is 103 Å². The highest BCUT2D eigenvalue weighted by Gasteiger charge is 2.38. The van der Waals surface area contributed by atoms with Crippen LogP contribution in [0.2, 0.25) is 0 Å². The lowest BCUT2D eigenvalue weighted by Crippen LogP contribution is -2.56. The van der Waals surface area contributed by atoms with Gasteiger partial charge in [0.2, 0.25) is 5.91 Å². The molecule has 12 nitrogen and oxygen atoms in total. The number of aromatic nitrogens is 4. The van der Waals surface area contributed by atoms with Crippen LogP contribution in [-0.4, -0.2) is 130 Å². The number of nitrogens with zero attached hydrogens (tertiary/aromatic N) is 9. The van der Waals surface area contributed by atoms with Crippen molar-refractivity contribution in [3.63, 3.8) is 0 Å². The van der Waals surface area contributed by atoms with Gasteiger partial charge in [-0.25, -0.2) is 19.4 Å². The van der Waals surface area contributed by atoms with Gasteiger partial charge in [0.25, 0.3) is 0 Å². The summed E-state index contributed by atoms with van der Waals surface area (Å²) in [6, 6.07) is 8.37. The van der Waals surface area contributed by atoms with Crippen LogP contribution in [0.3, 0.4) is 0 Å². The van der Waals surface area contributed by atoms with E-state index in [1.165, 1.54) is 0 Å². The van der Waals surface area contributed by atoms with Gasteiger partial charge in [0.05, 0.1) is 24.7 Å². The molecule has 3 fully saturated rings. The van der Waals surface area contributed by atoms with E-state index >= 15 is 0 Å². The maximum Gasteiger partial charge on any atom is 0.320 e. The molecule has 0 unspecified atom stereocenters. The van der Waals surface area contributed by atoms with Gasteiger partial charge >= 0.3 is 6.03 Å². The van der Waals surface area contributed by atoms with Crippen molar-refractivity contribution in [2.24, 2.45) is 5.92 Å². The number of anilines is 1. The number of hydrogen-bond donors (Lipinski definition) is 0. The molecule has 0 spiro atoms. The van der Waals surface area contributed by atoms with Gasteiger partial charge in [-0.3, -0.25) is 4.79 Å². The summed E-state index contributed by atoms with van der Waals surface area (Å²) in [6.45, 7) is 8.87. The SMILES string of the molecule is CCOc1cccc(Cn2ncc3c(N4CCN(C(=O)N5CCC(N(CCN(C)C)C(=O)C6CC6)CC5)CC4)ncnc32)c1. The highest BCUT2D eigenvalue weighted by Crippen LogP contribution is 2.33. The Kier molecular flexibility index (Phi) is 9.15. The summed E-state index contributed by atoms with van der Waals surface area (Å²) in [6.07, 6.45) is 7.17. The molecule has 2 saturated heterocycles. The molecular formula is C32H45N9O3. The summed E-state index contributed by atoms with van der Waals surface area (Å²) in [5.41, 5.74) is 1.88. The number of hydrogen-bond acceptors (Lipinski definition) is 8. The summed E-state index contributed by atoms with van der Waals surface area (Å²) < 4.78 is 7.55. The van der Waals surface area contributed by atoms with Crippen molar-refractivity contribution in [2.45, 2.75) is 45.2 Å². The molecule has 3 aromatic rings. The average Bonchev–Trinajstić information content (AvgIpc) is 3.82. The van der Waals surface area contributed by atoms with Crippen LogP contribution in [0.4, 0.5) is 10.6 Å². The molecule has 0 radical (unpaired) electrons. The minimum Gasteiger partial charge on any atom is -0.494 e. The fourth-order valence-corrected chi connectivity index (χ4v) is 6.35. The molecule has 12 heteroatoms. The number of carbonyl (C=O) groups is 2. The van der Waals surface area contributed by atoms with E-state index in [0.717, 1.165) is 66.9 Å². The fourth-order valence-electron chi connectivity index (χ4n) is 6.35. The van der Waals surface area contributed by atoms with E-state index < -0.39 is 0 Å². The van der Waals surface area contributed by atoms with Crippen LogP contribution in [0.15, 0.2) is 36.8 Å². The largest absolute Gasteiger partial charge is 0.494 e. The lowest BCUT2D eigenvalue weighted by atomic mass is 10.0. The summed E-state index contributed by atoms with van der Waals surface area (Å²) >= 11 is 0. The number of benzene rings is 1. The normalized spacial score (nSPS) is 17.9. The molecule has 1 saturated carbocycles. The van der Waals surface area contributed by atoms with Gasteiger partial charge in [0.15, 0.2) is 5.65 Å². The van der Waals surface area contributed by atoms with Gasteiger partial charge < -0.3 is 29.2 Å². The molecule has 1 aliphatic carbocycles. The second-order valence-electron chi connectivity index (χ2n) is 12.4. The van der Waals surface area contributed by atoms with Crippen molar-refractivity contribution in [1.82, 2.24) is 39.3 Å². The number of piperidine rings is 1. The maximum atomic E-state index is 13.5. The second kappa shape index (κ2) is 13.4. The van der Waals surface area contributed by atoms with Gasteiger partial charge in [0, 0.05) is 64.3 Å².